The summed E-state index contributed by atoms with van der Waals surface area (Å²) < 4.78 is 0. The maximum atomic E-state index is 11.5. The van der Waals surface area contributed by atoms with Gasteiger partial charge in [-0.05, 0) is 32.7 Å². The van der Waals surface area contributed by atoms with Gasteiger partial charge in [0.05, 0.1) is 11.5 Å². The summed E-state index contributed by atoms with van der Waals surface area (Å²) in [5.74, 6) is 0.215. The molecule has 4 nitrogen and oxygen atoms in total. The molecule has 2 unspecified atom stereocenters. The molecule has 2 atom stereocenters. The standard InChI is InChI=1S/C12H24N2O2/c1-4-12(2,16)9-14-7-5-6-10(8-14)11(15)13-3/h10,16H,4-9H2,1-3H3,(H,13,15). The van der Waals surface area contributed by atoms with Crippen LogP contribution in [0.3, 0.4) is 0 Å². The van der Waals surface area contributed by atoms with Crippen LogP contribution in [-0.4, -0.2) is 48.2 Å². The lowest BCUT2D eigenvalue weighted by molar-refractivity contribution is -0.126. The molecule has 0 radical (unpaired) electrons. The molecule has 94 valence electrons. The topological polar surface area (TPSA) is 52.6 Å². The summed E-state index contributed by atoms with van der Waals surface area (Å²) >= 11 is 0. The van der Waals surface area contributed by atoms with Gasteiger partial charge in [0.2, 0.25) is 5.91 Å². The van der Waals surface area contributed by atoms with Gasteiger partial charge in [0.25, 0.3) is 0 Å². The molecule has 1 aliphatic rings. The number of hydrogen-bond donors (Lipinski definition) is 2. The lowest BCUT2D eigenvalue weighted by Crippen LogP contribution is -2.47. The summed E-state index contributed by atoms with van der Waals surface area (Å²) in [6.07, 6.45) is 2.75. The van der Waals surface area contributed by atoms with Crippen LogP contribution in [0.1, 0.15) is 33.1 Å². The van der Waals surface area contributed by atoms with E-state index in [2.05, 4.69) is 10.2 Å². The highest BCUT2D eigenvalue weighted by Crippen LogP contribution is 2.19. The number of rotatable bonds is 4. The van der Waals surface area contributed by atoms with Crippen LogP contribution < -0.4 is 5.32 Å². The van der Waals surface area contributed by atoms with Gasteiger partial charge in [-0.2, -0.15) is 0 Å². The van der Waals surface area contributed by atoms with Crippen molar-refractivity contribution in [3.05, 3.63) is 0 Å². The zero-order valence-corrected chi connectivity index (χ0v) is 10.6. The minimum absolute atomic E-state index is 0.0893. The average molecular weight is 228 g/mol. The third-order valence-electron chi connectivity index (χ3n) is 3.45. The van der Waals surface area contributed by atoms with E-state index in [1.807, 2.05) is 13.8 Å². The lowest BCUT2D eigenvalue weighted by atomic mass is 9.95. The van der Waals surface area contributed by atoms with Gasteiger partial charge in [-0.15, -0.1) is 0 Å². The summed E-state index contributed by atoms with van der Waals surface area (Å²) in [6, 6.07) is 0. The van der Waals surface area contributed by atoms with E-state index in [-0.39, 0.29) is 11.8 Å². The smallest absolute Gasteiger partial charge is 0.224 e. The molecule has 1 heterocycles. The monoisotopic (exact) mass is 228 g/mol. The Morgan fingerprint density at radius 3 is 2.88 bits per heavy atom. The normalized spacial score (nSPS) is 26.1. The number of β-amino-alcohol motifs (C(OH)–C–C–N with tert-alkyl or cyclic N) is 1. The first-order chi connectivity index (χ1) is 7.48. The fourth-order valence-electron chi connectivity index (χ4n) is 2.21. The summed E-state index contributed by atoms with van der Waals surface area (Å²) in [5.41, 5.74) is -0.634. The fourth-order valence-corrected chi connectivity index (χ4v) is 2.21. The number of piperidine rings is 1. The zero-order chi connectivity index (χ0) is 12.2. The molecule has 0 spiro atoms. The number of nitrogens with one attached hydrogen (secondary N) is 1. The van der Waals surface area contributed by atoms with Crippen LogP contribution in [0.25, 0.3) is 0 Å². The third kappa shape index (κ3) is 3.76. The summed E-state index contributed by atoms with van der Waals surface area (Å²) in [6.45, 7) is 6.27. The summed E-state index contributed by atoms with van der Waals surface area (Å²) in [5, 5.41) is 12.7. The predicted molar refractivity (Wildman–Crippen MR) is 64.1 cm³/mol. The van der Waals surface area contributed by atoms with Crippen LogP contribution in [0.5, 0.6) is 0 Å². The molecule has 0 bridgehead atoms. The van der Waals surface area contributed by atoms with E-state index in [0.29, 0.717) is 6.54 Å². The van der Waals surface area contributed by atoms with Gasteiger partial charge in [-0.1, -0.05) is 6.92 Å². The van der Waals surface area contributed by atoms with Gasteiger partial charge in [-0.25, -0.2) is 0 Å². The molecule has 0 aromatic rings. The largest absolute Gasteiger partial charge is 0.389 e. The minimum atomic E-state index is -0.634. The van der Waals surface area contributed by atoms with Crippen molar-refractivity contribution >= 4 is 5.91 Å². The van der Waals surface area contributed by atoms with Gasteiger partial charge in [0.1, 0.15) is 0 Å². The van der Waals surface area contributed by atoms with Crippen molar-refractivity contribution in [2.24, 2.45) is 5.92 Å². The van der Waals surface area contributed by atoms with Gasteiger partial charge >= 0.3 is 0 Å². The number of carbonyl (C=O) groups excluding carboxylic acids is 1. The molecule has 0 aromatic heterocycles. The van der Waals surface area contributed by atoms with Crippen molar-refractivity contribution in [1.29, 1.82) is 0 Å². The fraction of sp³-hybridized carbons (Fsp3) is 0.917. The van der Waals surface area contributed by atoms with E-state index in [0.717, 1.165) is 32.4 Å². The Morgan fingerprint density at radius 2 is 2.31 bits per heavy atom. The van der Waals surface area contributed by atoms with Gasteiger partial charge < -0.3 is 10.4 Å². The quantitative estimate of drug-likeness (QED) is 0.741. The van der Waals surface area contributed by atoms with Crippen LogP contribution in [-0.2, 0) is 4.79 Å². The SMILES string of the molecule is CCC(C)(O)CN1CCCC(C(=O)NC)C1. The summed E-state index contributed by atoms with van der Waals surface area (Å²) in [7, 11) is 1.68. The first-order valence-electron chi connectivity index (χ1n) is 6.15. The van der Waals surface area contributed by atoms with Crippen molar-refractivity contribution in [2.75, 3.05) is 26.7 Å². The molecule has 16 heavy (non-hydrogen) atoms. The maximum absolute atomic E-state index is 11.5. The molecule has 1 aliphatic heterocycles. The minimum Gasteiger partial charge on any atom is -0.389 e. The van der Waals surface area contributed by atoms with Crippen molar-refractivity contribution in [1.82, 2.24) is 10.2 Å². The van der Waals surface area contributed by atoms with Gasteiger partial charge in [-0.3, -0.25) is 9.69 Å². The van der Waals surface area contributed by atoms with Crippen LogP contribution in [0.4, 0.5) is 0 Å². The number of aliphatic hydroxyl groups is 1. The Kier molecular flexibility index (Phi) is 4.74. The molecular formula is C12H24N2O2. The van der Waals surface area contributed by atoms with Crippen LogP contribution in [0, 0.1) is 5.92 Å². The molecule has 2 N–H and O–H groups in total. The number of carbonyl (C=O) groups is 1. The van der Waals surface area contributed by atoms with Crippen LogP contribution in [0.2, 0.25) is 0 Å². The predicted octanol–water partition coefficient (Wildman–Crippen LogP) is 0.605. The first-order valence-corrected chi connectivity index (χ1v) is 6.15. The number of likely N-dealkylation sites (tertiary alicyclic amines) is 1. The van der Waals surface area contributed by atoms with E-state index >= 15 is 0 Å². The van der Waals surface area contributed by atoms with Gasteiger partial charge in [0, 0.05) is 20.1 Å². The van der Waals surface area contributed by atoms with E-state index in [1.54, 1.807) is 7.05 Å². The zero-order valence-electron chi connectivity index (χ0n) is 10.6. The molecule has 1 fully saturated rings. The molecule has 0 saturated carbocycles. The van der Waals surface area contributed by atoms with Crippen LogP contribution in [0.15, 0.2) is 0 Å². The Morgan fingerprint density at radius 1 is 1.62 bits per heavy atom. The molecule has 0 aliphatic carbocycles. The molecule has 1 amide bonds. The molecule has 0 aromatic carbocycles. The first kappa shape index (κ1) is 13.5. The second-order valence-corrected chi connectivity index (χ2v) is 5.04. The van der Waals surface area contributed by atoms with Crippen LogP contribution >= 0.6 is 0 Å². The summed E-state index contributed by atoms with van der Waals surface area (Å²) in [4.78, 5) is 13.7. The van der Waals surface area contributed by atoms with Gasteiger partial charge in [0.15, 0.2) is 0 Å². The Labute approximate surface area is 98.0 Å². The third-order valence-corrected chi connectivity index (χ3v) is 3.45. The van der Waals surface area contributed by atoms with E-state index in [9.17, 15) is 9.90 Å². The van der Waals surface area contributed by atoms with E-state index < -0.39 is 5.60 Å². The lowest BCUT2D eigenvalue weighted by Gasteiger charge is -2.36. The Balaban J connectivity index is 2.48. The second-order valence-electron chi connectivity index (χ2n) is 5.04. The second kappa shape index (κ2) is 5.64. The molecule has 1 saturated heterocycles. The molecule has 4 heteroatoms. The number of hydrogen-bond acceptors (Lipinski definition) is 3. The maximum Gasteiger partial charge on any atom is 0.224 e. The van der Waals surface area contributed by atoms with E-state index in [4.69, 9.17) is 0 Å². The molecular weight excluding hydrogens is 204 g/mol. The highest BCUT2D eigenvalue weighted by molar-refractivity contribution is 5.78. The number of nitrogens with zero attached hydrogens (tertiary/aromatic N) is 1. The number of amides is 1. The Hall–Kier alpha value is -0.610. The van der Waals surface area contributed by atoms with Crippen molar-refractivity contribution in [2.45, 2.75) is 38.7 Å². The van der Waals surface area contributed by atoms with Crippen molar-refractivity contribution in [3.63, 3.8) is 0 Å². The highest BCUT2D eigenvalue weighted by atomic mass is 16.3. The van der Waals surface area contributed by atoms with Crippen molar-refractivity contribution < 1.29 is 9.90 Å². The molecule has 1 rings (SSSR count). The average Bonchev–Trinajstić information content (AvgIpc) is 2.28. The van der Waals surface area contributed by atoms with Crippen molar-refractivity contribution in [3.8, 4) is 0 Å². The Bertz CT molecular complexity index is 241. The highest BCUT2D eigenvalue weighted by Gasteiger charge is 2.29. The van der Waals surface area contributed by atoms with E-state index in [1.165, 1.54) is 0 Å².